The summed E-state index contributed by atoms with van der Waals surface area (Å²) in [4.78, 5) is 39.3. The maximum atomic E-state index is 13.2. The van der Waals surface area contributed by atoms with Gasteiger partial charge in [-0.25, -0.2) is 4.79 Å². The second-order valence-electron chi connectivity index (χ2n) is 6.92. The predicted octanol–water partition coefficient (Wildman–Crippen LogP) is 3.58. The lowest BCUT2D eigenvalue weighted by atomic mass is 10.0. The summed E-state index contributed by atoms with van der Waals surface area (Å²) in [6.45, 7) is 2.98. The number of nitrogens with zero attached hydrogens (tertiary/aromatic N) is 1. The van der Waals surface area contributed by atoms with E-state index in [-0.39, 0.29) is 29.1 Å². The van der Waals surface area contributed by atoms with Gasteiger partial charge in [0.1, 0.15) is 6.04 Å². The van der Waals surface area contributed by atoms with Gasteiger partial charge in [-0.1, -0.05) is 23.2 Å². The summed E-state index contributed by atoms with van der Waals surface area (Å²) >= 11 is 13.6. The molecule has 2 N–H and O–H groups in total. The van der Waals surface area contributed by atoms with E-state index in [4.69, 9.17) is 27.9 Å². The van der Waals surface area contributed by atoms with Gasteiger partial charge < -0.3 is 20.3 Å². The number of carbonyl (C=O) groups excluding carboxylic acids is 3. The van der Waals surface area contributed by atoms with Crippen LogP contribution < -0.4 is 10.6 Å². The number of rotatable bonds is 8. The highest BCUT2D eigenvalue weighted by Crippen LogP contribution is 2.21. The average molecular weight is 476 g/mol. The molecule has 1 aliphatic rings. The number of benzene rings is 1. The van der Waals surface area contributed by atoms with Gasteiger partial charge in [0.05, 0.1) is 17.2 Å². The molecule has 1 heterocycles. The van der Waals surface area contributed by atoms with E-state index in [2.05, 4.69) is 10.6 Å². The second kappa shape index (κ2) is 12.3. The van der Waals surface area contributed by atoms with E-state index in [1.807, 2.05) is 6.26 Å². The van der Waals surface area contributed by atoms with Gasteiger partial charge >= 0.3 is 6.09 Å². The monoisotopic (exact) mass is 475 g/mol. The topological polar surface area (TPSA) is 87.7 Å². The molecule has 1 aromatic rings. The van der Waals surface area contributed by atoms with Crippen molar-refractivity contribution < 1.29 is 19.1 Å². The highest BCUT2D eigenvalue weighted by Gasteiger charge is 2.31. The fourth-order valence-electron chi connectivity index (χ4n) is 3.26. The zero-order valence-electron chi connectivity index (χ0n) is 17.1. The maximum Gasteiger partial charge on any atom is 0.407 e. The van der Waals surface area contributed by atoms with Crippen LogP contribution in [-0.4, -0.2) is 66.6 Å². The summed E-state index contributed by atoms with van der Waals surface area (Å²) in [5.74, 6) is 0.121. The highest BCUT2D eigenvalue weighted by atomic mass is 35.5. The smallest absolute Gasteiger partial charge is 0.407 e. The Balaban J connectivity index is 2.06. The summed E-state index contributed by atoms with van der Waals surface area (Å²) in [6.07, 6.45) is 3.48. The van der Waals surface area contributed by atoms with Crippen LogP contribution in [0.2, 0.25) is 10.0 Å². The molecule has 0 radical (unpaired) electrons. The second-order valence-corrected chi connectivity index (χ2v) is 8.75. The lowest BCUT2D eigenvalue weighted by molar-refractivity contribution is -0.134. The first kappa shape index (κ1) is 24.6. The van der Waals surface area contributed by atoms with Crippen molar-refractivity contribution in [3.05, 3.63) is 33.8 Å². The predicted molar refractivity (Wildman–Crippen MR) is 120 cm³/mol. The van der Waals surface area contributed by atoms with Crippen molar-refractivity contribution in [3.63, 3.8) is 0 Å². The minimum Gasteiger partial charge on any atom is -0.450 e. The molecule has 0 bridgehead atoms. The van der Waals surface area contributed by atoms with Crippen LogP contribution in [0.4, 0.5) is 4.79 Å². The molecule has 0 aromatic heterocycles. The van der Waals surface area contributed by atoms with E-state index >= 15 is 0 Å². The molecule has 1 aromatic carbocycles. The number of likely N-dealkylation sites (tertiary alicyclic amines) is 1. The summed E-state index contributed by atoms with van der Waals surface area (Å²) < 4.78 is 4.93. The molecular weight excluding hydrogens is 449 g/mol. The number of thioether (sulfide) groups is 1. The maximum absolute atomic E-state index is 13.2. The van der Waals surface area contributed by atoms with Gasteiger partial charge in [0.15, 0.2) is 0 Å². The molecule has 2 atom stereocenters. The van der Waals surface area contributed by atoms with Crippen molar-refractivity contribution in [2.45, 2.75) is 38.3 Å². The molecule has 3 amide bonds. The van der Waals surface area contributed by atoms with Crippen LogP contribution in [0.15, 0.2) is 18.2 Å². The van der Waals surface area contributed by atoms with Gasteiger partial charge in [0.25, 0.3) is 5.91 Å². The van der Waals surface area contributed by atoms with Crippen LogP contribution in [0.3, 0.4) is 0 Å². The molecular formula is C20H27Cl2N3O4S. The van der Waals surface area contributed by atoms with Crippen molar-refractivity contribution in [2.24, 2.45) is 0 Å². The van der Waals surface area contributed by atoms with E-state index in [1.165, 1.54) is 12.1 Å². The first-order valence-electron chi connectivity index (χ1n) is 9.82. The number of amides is 3. The third-order valence-corrected chi connectivity index (χ3v) is 5.91. The zero-order chi connectivity index (χ0) is 22.1. The number of halogens is 2. The minimum absolute atomic E-state index is 0.169. The highest BCUT2D eigenvalue weighted by molar-refractivity contribution is 7.98. The van der Waals surface area contributed by atoms with Crippen LogP contribution in [-0.2, 0) is 9.53 Å². The van der Waals surface area contributed by atoms with E-state index in [0.29, 0.717) is 30.3 Å². The molecule has 1 aliphatic heterocycles. The van der Waals surface area contributed by atoms with Crippen LogP contribution in [0.1, 0.15) is 36.5 Å². The van der Waals surface area contributed by atoms with Crippen molar-refractivity contribution in [3.8, 4) is 0 Å². The van der Waals surface area contributed by atoms with Gasteiger partial charge in [-0.3, -0.25) is 9.59 Å². The van der Waals surface area contributed by atoms with Crippen LogP contribution in [0.25, 0.3) is 0 Å². The van der Waals surface area contributed by atoms with Crippen LogP contribution in [0, 0.1) is 0 Å². The molecule has 166 valence electrons. The summed E-state index contributed by atoms with van der Waals surface area (Å²) in [5, 5.41) is 6.27. The van der Waals surface area contributed by atoms with Gasteiger partial charge in [-0.05, 0) is 56.4 Å². The number of hydrogen-bond donors (Lipinski definition) is 2. The van der Waals surface area contributed by atoms with E-state index in [1.54, 1.807) is 29.7 Å². The number of ether oxygens (including phenoxy) is 1. The van der Waals surface area contributed by atoms with Crippen LogP contribution in [0.5, 0.6) is 0 Å². The van der Waals surface area contributed by atoms with Crippen molar-refractivity contribution >= 4 is 52.9 Å². The molecule has 30 heavy (non-hydrogen) atoms. The third kappa shape index (κ3) is 7.25. The summed E-state index contributed by atoms with van der Waals surface area (Å²) in [6, 6.07) is 3.75. The summed E-state index contributed by atoms with van der Waals surface area (Å²) in [7, 11) is 0. The van der Waals surface area contributed by atoms with Crippen molar-refractivity contribution in [2.75, 3.05) is 31.7 Å². The fourth-order valence-corrected chi connectivity index (χ4v) is 4.22. The van der Waals surface area contributed by atoms with Crippen molar-refractivity contribution in [1.82, 2.24) is 15.5 Å². The SMILES string of the molecule is CCOC(=O)NC1CCCN(C(=O)C(CCSC)NC(=O)c2ccc(Cl)cc2Cl)C1. The normalized spacial score (nSPS) is 17.2. The lowest BCUT2D eigenvalue weighted by Gasteiger charge is -2.35. The van der Waals surface area contributed by atoms with E-state index < -0.39 is 18.0 Å². The molecule has 0 saturated carbocycles. The third-order valence-electron chi connectivity index (χ3n) is 4.72. The Bertz CT molecular complexity index is 766. The Morgan fingerprint density at radius 1 is 1.33 bits per heavy atom. The van der Waals surface area contributed by atoms with Crippen LogP contribution >= 0.6 is 35.0 Å². The Morgan fingerprint density at radius 3 is 2.77 bits per heavy atom. The molecule has 2 unspecified atom stereocenters. The van der Waals surface area contributed by atoms with Gasteiger partial charge in [0.2, 0.25) is 5.91 Å². The molecule has 0 aliphatic carbocycles. The van der Waals surface area contributed by atoms with E-state index in [9.17, 15) is 14.4 Å². The Morgan fingerprint density at radius 2 is 2.10 bits per heavy atom. The fraction of sp³-hybridized carbons (Fsp3) is 0.550. The van der Waals surface area contributed by atoms with Gasteiger partial charge in [0, 0.05) is 24.2 Å². The molecule has 1 saturated heterocycles. The molecule has 1 fully saturated rings. The number of nitrogens with one attached hydrogen (secondary N) is 2. The number of piperidine rings is 1. The standard InChI is InChI=1S/C20H27Cl2N3O4S/c1-3-29-20(28)23-14-5-4-9-25(12-14)19(27)17(8-10-30-2)24-18(26)15-7-6-13(21)11-16(15)22/h6-7,11,14,17H,3-5,8-10,12H2,1-2H3,(H,23,28)(H,24,26). The van der Waals surface area contributed by atoms with Gasteiger partial charge in [-0.2, -0.15) is 11.8 Å². The first-order valence-corrected chi connectivity index (χ1v) is 12.0. The Kier molecular flexibility index (Phi) is 10.1. The van der Waals surface area contributed by atoms with Crippen molar-refractivity contribution in [1.29, 1.82) is 0 Å². The Hall–Kier alpha value is -1.64. The molecule has 2 rings (SSSR count). The minimum atomic E-state index is -0.682. The summed E-state index contributed by atoms with van der Waals surface area (Å²) in [5.41, 5.74) is 0.267. The average Bonchev–Trinajstić information content (AvgIpc) is 2.70. The zero-order valence-corrected chi connectivity index (χ0v) is 19.4. The van der Waals surface area contributed by atoms with Gasteiger partial charge in [-0.15, -0.1) is 0 Å². The molecule has 10 heteroatoms. The van der Waals surface area contributed by atoms with E-state index in [0.717, 1.165) is 12.8 Å². The Labute approximate surface area is 191 Å². The lowest BCUT2D eigenvalue weighted by Crippen LogP contribution is -2.55. The number of alkyl carbamates (subject to hydrolysis) is 1. The number of carbonyl (C=O) groups is 3. The molecule has 0 spiro atoms. The quantitative estimate of drug-likeness (QED) is 0.599. The first-order chi connectivity index (χ1) is 14.3. The largest absolute Gasteiger partial charge is 0.450 e. The molecule has 7 nitrogen and oxygen atoms in total. The number of hydrogen-bond acceptors (Lipinski definition) is 5.